The van der Waals surface area contributed by atoms with Crippen LogP contribution in [0.15, 0.2) is 24.0 Å². The summed E-state index contributed by atoms with van der Waals surface area (Å²) in [6.07, 6.45) is 6.13. The summed E-state index contributed by atoms with van der Waals surface area (Å²) in [7, 11) is 0. The molecule has 8 nitrogen and oxygen atoms in total. The van der Waals surface area contributed by atoms with Gasteiger partial charge in [0.25, 0.3) is 0 Å². The normalized spacial score (nSPS) is 38.9. The Morgan fingerprint density at radius 3 is 2.62 bits per heavy atom. The van der Waals surface area contributed by atoms with Gasteiger partial charge in [-0.25, -0.2) is 9.97 Å². The molecule has 4 aliphatic rings. The fourth-order valence-electron chi connectivity index (χ4n) is 8.90. The van der Waals surface area contributed by atoms with Gasteiger partial charge < -0.3 is 19.6 Å². The number of carbonyl (C=O) groups excluding carboxylic acids is 2. The van der Waals surface area contributed by atoms with Gasteiger partial charge >= 0.3 is 5.97 Å². The van der Waals surface area contributed by atoms with Gasteiger partial charge in [-0.05, 0) is 56.4 Å². The molecule has 3 aliphatic carbocycles. The number of aliphatic hydroxyl groups excluding tert-OH is 1. The molecule has 0 radical (unpaired) electrons. The molecule has 5 rings (SSSR count). The van der Waals surface area contributed by atoms with Crippen LogP contribution in [0.4, 0.5) is 5.82 Å². The molecular formula is C33H50N4O4S. The third-order valence-corrected chi connectivity index (χ3v) is 12.8. The molecule has 1 N–H and O–H groups in total. The van der Waals surface area contributed by atoms with Crippen molar-refractivity contribution in [1.29, 1.82) is 0 Å². The van der Waals surface area contributed by atoms with Crippen LogP contribution in [0, 0.1) is 40.9 Å². The van der Waals surface area contributed by atoms with Crippen molar-refractivity contribution in [3.05, 3.63) is 24.4 Å². The number of ether oxygens (including phenoxy) is 1. The number of esters is 1. The number of aliphatic hydroxyl groups is 1. The van der Waals surface area contributed by atoms with Crippen LogP contribution in [-0.2, 0) is 14.3 Å². The monoisotopic (exact) mass is 598 g/mol. The molecule has 2 heterocycles. The van der Waals surface area contributed by atoms with E-state index in [-0.39, 0.29) is 40.7 Å². The highest BCUT2D eigenvalue weighted by atomic mass is 32.2. The molecule has 8 atom stereocenters. The topological polar surface area (TPSA) is 95.9 Å². The Balaban J connectivity index is 1.36. The first kappa shape index (κ1) is 31.5. The number of thioether (sulfide) groups is 1. The standard InChI is InChI=1S/C33H50N4O4S/c1-8-31(6)18-25(32(7)22(4)10-12-33(23(5)28(31)40)13-11-24(38)27(32)33)41-26(39)20-42-30-34-19-21(3)29(35-30)37-16-14-36(9-2)15-17-37/h8,19,22-23,25,27-28,40H,1,9-18,20H2,2-7H3/t22-,23+,25-,27+,28+,31-,32+,33+/m1/s1. The highest BCUT2D eigenvalue weighted by Gasteiger charge is 2.68. The zero-order valence-electron chi connectivity index (χ0n) is 26.4. The van der Waals surface area contributed by atoms with Crippen LogP contribution in [0.5, 0.6) is 0 Å². The molecule has 3 saturated carbocycles. The molecule has 42 heavy (non-hydrogen) atoms. The summed E-state index contributed by atoms with van der Waals surface area (Å²) in [5, 5.41) is 12.3. The van der Waals surface area contributed by atoms with E-state index in [9.17, 15) is 14.7 Å². The SMILES string of the molecule is C=C[C@]1(C)C[C@@H](OC(=O)CSc2ncc(C)c(N3CCN(CC)CC3)n2)[C@]2(C)[C@H](C)CC[C@]3(CCC(=O)[C@H]32)[C@@H](C)[C@@H]1O. The molecule has 1 aliphatic heterocycles. The maximum absolute atomic E-state index is 13.6. The lowest BCUT2D eigenvalue weighted by Crippen LogP contribution is -2.63. The second-order valence-electron chi connectivity index (χ2n) is 13.9. The minimum absolute atomic E-state index is 0.0474. The number of rotatable bonds is 7. The summed E-state index contributed by atoms with van der Waals surface area (Å²) in [5.41, 5.74) is -0.409. The van der Waals surface area contributed by atoms with Gasteiger partial charge in [-0.2, -0.15) is 0 Å². The molecule has 232 valence electrons. The fraction of sp³-hybridized carbons (Fsp3) is 0.758. The highest BCUT2D eigenvalue weighted by molar-refractivity contribution is 7.99. The molecule has 1 saturated heterocycles. The van der Waals surface area contributed by atoms with E-state index in [1.165, 1.54) is 11.8 Å². The quantitative estimate of drug-likeness (QED) is 0.203. The van der Waals surface area contributed by atoms with Crippen molar-refractivity contribution < 1.29 is 19.4 Å². The van der Waals surface area contributed by atoms with Gasteiger partial charge in [0.15, 0.2) is 5.16 Å². The van der Waals surface area contributed by atoms with Crippen molar-refractivity contribution in [2.45, 2.75) is 91.0 Å². The number of anilines is 1. The summed E-state index contributed by atoms with van der Waals surface area (Å²) >= 11 is 1.30. The summed E-state index contributed by atoms with van der Waals surface area (Å²) in [6.45, 7) is 21.8. The summed E-state index contributed by atoms with van der Waals surface area (Å²) < 4.78 is 6.39. The van der Waals surface area contributed by atoms with Crippen LogP contribution in [0.3, 0.4) is 0 Å². The van der Waals surface area contributed by atoms with Gasteiger partial charge in [-0.3, -0.25) is 9.59 Å². The van der Waals surface area contributed by atoms with Crippen molar-refractivity contribution in [2.24, 2.45) is 34.0 Å². The van der Waals surface area contributed by atoms with Gasteiger partial charge in [0.2, 0.25) is 0 Å². The predicted octanol–water partition coefficient (Wildman–Crippen LogP) is 4.93. The van der Waals surface area contributed by atoms with E-state index in [1.54, 1.807) is 0 Å². The fourth-order valence-corrected chi connectivity index (χ4v) is 9.49. The Labute approximate surface area is 256 Å². The third-order valence-electron chi connectivity index (χ3n) is 11.9. The molecule has 9 heteroatoms. The van der Waals surface area contributed by atoms with E-state index < -0.39 is 23.0 Å². The summed E-state index contributed by atoms with van der Waals surface area (Å²) in [4.78, 5) is 41.2. The van der Waals surface area contributed by atoms with Gasteiger partial charge in [0, 0.05) is 61.1 Å². The molecule has 0 amide bonds. The number of aromatic nitrogens is 2. The average Bonchev–Trinajstić information content (AvgIpc) is 3.35. The van der Waals surface area contributed by atoms with Crippen molar-refractivity contribution in [2.75, 3.05) is 43.4 Å². The lowest BCUT2D eigenvalue weighted by molar-refractivity contribution is -0.205. The number of ketones is 1. The Kier molecular flexibility index (Phi) is 8.87. The largest absolute Gasteiger partial charge is 0.461 e. The first-order valence-corrected chi connectivity index (χ1v) is 16.9. The Morgan fingerprint density at radius 1 is 1.24 bits per heavy atom. The zero-order chi connectivity index (χ0) is 30.4. The molecule has 0 aromatic carbocycles. The van der Waals surface area contributed by atoms with Crippen molar-refractivity contribution >= 4 is 29.3 Å². The Morgan fingerprint density at radius 2 is 1.95 bits per heavy atom. The van der Waals surface area contributed by atoms with Crippen LogP contribution < -0.4 is 4.90 Å². The highest BCUT2D eigenvalue weighted by Crippen LogP contribution is 2.68. The van der Waals surface area contributed by atoms with Gasteiger partial charge in [0.1, 0.15) is 17.7 Å². The summed E-state index contributed by atoms with van der Waals surface area (Å²) in [6, 6.07) is 0. The minimum atomic E-state index is -0.671. The third kappa shape index (κ3) is 5.21. The summed E-state index contributed by atoms with van der Waals surface area (Å²) in [5.74, 6) is 0.874. The number of aryl methyl sites for hydroxylation is 1. The van der Waals surface area contributed by atoms with E-state index in [0.29, 0.717) is 18.0 Å². The van der Waals surface area contributed by atoms with E-state index in [1.807, 2.05) is 26.1 Å². The molecule has 1 aromatic rings. The lowest BCUT2D eigenvalue weighted by Gasteiger charge is -2.61. The molecule has 0 unspecified atom stereocenters. The van der Waals surface area contributed by atoms with Crippen LogP contribution in [0.2, 0.25) is 0 Å². The first-order valence-electron chi connectivity index (χ1n) is 15.9. The van der Waals surface area contributed by atoms with Gasteiger partial charge in [0.05, 0.1) is 11.9 Å². The van der Waals surface area contributed by atoms with Crippen molar-refractivity contribution in [3.8, 4) is 0 Å². The number of piperazine rings is 1. The number of likely N-dealkylation sites (N-methyl/N-ethyl adjacent to an activating group) is 1. The first-order chi connectivity index (χ1) is 19.9. The van der Waals surface area contributed by atoms with E-state index in [2.05, 4.69) is 49.1 Å². The zero-order valence-corrected chi connectivity index (χ0v) is 27.2. The van der Waals surface area contributed by atoms with E-state index in [0.717, 1.165) is 63.4 Å². The maximum atomic E-state index is 13.6. The van der Waals surface area contributed by atoms with Crippen LogP contribution in [0.1, 0.15) is 72.3 Å². The lowest BCUT2D eigenvalue weighted by atomic mass is 9.44. The van der Waals surface area contributed by atoms with E-state index >= 15 is 0 Å². The van der Waals surface area contributed by atoms with Crippen molar-refractivity contribution in [1.82, 2.24) is 14.9 Å². The van der Waals surface area contributed by atoms with E-state index in [4.69, 9.17) is 9.72 Å². The molecule has 2 bridgehead atoms. The molecule has 4 fully saturated rings. The predicted molar refractivity (Wildman–Crippen MR) is 166 cm³/mol. The number of carbonyl (C=O) groups is 2. The van der Waals surface area contributed by atoms with Gasteiger partial charge in [-0.1, -0.05) is 52.5 Å². The molecule has 1 aromatic heterocycles. The van der Waals surface area contributed by atoms with Crippen LogP contribution in [-0.4, -0.2) is 82.4 Å². The van der Waals surface area contributed by atoms with Gasteiger partial charge in [-0.15, -0.1) is 6.58 Å². The second-order valence-corrected chi connectivity index (χ2v) is 14.9. The average molecular weight is 599 g/mol. The van der Waals surface area contributed by atoms with Crippen LogP contribution >= 0.6 is 11.8 Å². The smallest absolute Gasteiger partial charge is 0.316 e. The second kappa shape index (κ2) is 11.8. The number of hydrogen-bond acceptors (Lipinski definition) is 9. The molecular weight excluding hydrogens is 548 g/mol. The number of Topliss-reactive ketones (excluding diaryl/α,β-unsaturated/α-hetero) is 1. The number of nitrogens with zero attached hydrogens (tertiary/aromatic N) is 4. The Hall–Kier alpha value is -1.97. The van der Waals surface area contributed by atoms with Crippen LogP contribution in [0.25, 0.3) is 0 Å². The Bertz CT molecular complexity index is 1200. The molecule has 0 spiro atoms. The maximum Gasteiger partial charge on any atom is 0.316 e. The number of hydrogen-bond donors (Lipinski definition) is 1. The minimum Gasteiger partial charge on any atom is -0.461 e. The van der Waals surface area contributed by atoms with Crippen molar-refractivity contribution in [3.63, 3.8) is 0 Å².